The Hall–Kier alpha value is -0.690. The Labute approximate surface area is 110 Å². The van der Waals surface area contributed by atoms with Crippen molar-refractivity contribution in [3.05, 3.63) is 0 Å². The third-order valence-electron chi connectivity index (χ3n) is 1.97. The molecular formula is C10H17NO4S2. The molecule has 0 aromatic heterocycles. The number of rotatable bonds is 5. The van der Waals surface area contributed by atoms with Crippen molar-refractivity contribution in [3.63, 3.8) is 0 Å². The Balaban J connectivity index is 4.54. The van der Waals surface area contributed by atoms with Gasteiger partial charge in [0, 0.05) is 0 Å². The average molecular weight is 279 g/mol. The van der Waals surface area contributed by atoms with Crippen LogP contribution in [0.15, 0.2) is 4.99 Å². The van der Waals surface area contributed by atoms with Gasteiger partial charge in [-0.25, -0.2) is 0 Å². The summed E-state index contributed by atoms with van der Waals surface area (Å²) < 4.78 is 10.0. The Morgan fingerprint density at radius 3 is 2.18 bits per heavy atom. The topological polar surface area (TPSA) is 65.0 Å². The number of carbonyl (C=O) groups is 2. The molecule has 1 unspecified atom stereocenters. The highest BCUT2D eigenvalue weighted by Crippen LogP contribution is 2.14. The van der Waals surface area contributed by atoms with E-state index in [1.54, 1.807) is 0 Å². The van der Waals surface area contributed by atoms with E-state index in [9.17, 15) is 9.59 Å². The van der Waals surface area contributed by atoms with Crippen LogP contribution in [0, 0.1) is 5.92 Å². The fraction of sp³-hybridized carbons (Fsp3) is 0.700. The summed E-state index contributed by atoms with van der Waals surface area (Å²) in [4.78, 5) is 26.8. The number of hydrogen-bond donors (Lipinski definition) is 0. The average Bonchev–Trinajstić information content (AvgIpc) is 2.37. The Kier molecular flexibility index (Phi) is 8.97. The molecule has 0 aliphatic carbocycles. The third-order valence-corrected chi connectivity index (χ3v) is 3.92. The molecule has 0 heterocycles. The summed E-state index contributed by atoms with van der Waals surface area (Å²) >= 11 is 3.00. The smallest absolute Gasteiger partial charge is 0.311 e. The standard InChI is InChI=1S/C10H17NO4S2/c1-14-8(12)5-7(9(13)15-2)6-11-10(16-3)17-4/h7H,5-6H2,1-4H3. The van der Waals surface area contributed by atoms with E-state index in [2.05, 4.69) is 14.5 Å². The van der Waals surface area contributed by atoms with Gasteiger partial charge in [0.25, 0.3) is 0 Å². The van der Waals surface area contributed by atoms with Gasteiger partial charge in [0.1, 0.15) is 4.38 Å². The second-order valence-electron chi connectivity index (χ2n) is 3.02. The van der Waals surface area contributed by atoms with Crippen LogP contribution in [0.25, 0.3) is 0 Å². The number of nitrogens with zero attached hydrogens (tertiary/aromatic N) is 1. The first-order valence-electron chi connectivity index (χ1n) is 4.86. The van der Waals surface area contributed by atoms with Gasteiger partial charge in [-0.1, -0.05) is 0 Å². The zero-order valence-electron chi connectivity index (χ0n) is 10.4. The molecular weight excluding hydrogens is 262 g/mol. The predicted molar refractivity (Wildman–Crippen MR) is 71.5 cm³/mol. The molecule has 0 saturated carbocycles. The summed E-state index contributed by atoms with van der Waals surface area (Å²) in [5, 5.41) is 0. The first kappa shape index (κ1) is 16.3. The summed E-state index contributed by atoms with van der Waals surface area (Å²) in [7, 11) is 2.58. The van der Waals surface area contributed by atoms with Crippen LogP contribution in [0.2, 0.25) is 0 Å². The SMILES string of the molecule is COC(=O)CC(CN=C(SC)SC)C(=O)OC. The van der Waals surface area contributed by atoms with Gasteiger partial charge in [-0.05, 0) is 12.5 Å². The molecule has 0 aliphatic heterocycles. The quantitative estimate of drug-likeness (QED) is 0.431. The van der Waals surface area contributed by atoms with Crippen molar-refractivity contribution in [1.82, 2.24) is 0 Å². The van der Waals surface area contributed by atoms with Gasteiger partial charge >= 0.3 is 11.9 Å². The molecule has 0 aromatic rings. The molecule has 0 amide bonds. The molecule has 7 heteroatoms. The molecule has 0 bridgehead atoms. The van der Waals surface area contributed by atoms with Crippen LogP contribution < -0.4 is 0 Å². The van der Waals surface area contributed by atoms with E-state index in [1.807, 2.05) is 12.5 Å². The Morgan fingerprint density at radius 1 is 1.18 bits per heavy atom. The normalized spacial score (nSPS) is 11.5. The van der Waals surface area contributed by atoms with Crippen LogP contribution in [0.4, 0.5) is 0 Å². The van der Waals surface area contributed by atoms with E-state index in [0.717, 1.165) is 4.38 Å². The van der Waals surface area contributed by atoms with Crippen LogP contribution in [0.5, 0.6) is 0 Å². The van der Waals surface area contributed by atoms with Crippen molar-refractivity contribution in [2.45, 2.75) is 6.42 Å². The zero-order valence-corrected chi connectivity index (χ0v) is 12.0. The molecule has 0 fully saturated rings. The van der Waals surface area contributed by atoms with Crippen LogP contribution in [0.3, 0.4) is 0 Å². The van der Waals surface area contributed by atoms with Crippen molar-refractivity contribution in [1.29, 1.82) is 0 Å². The van der Waals surface area contributed by atoms with Gasteiger partial charge in [-0.2, -0.15) is 0 Å². The number of carbonyl (C=O) groups excluding carboxylic acids is 2. The summed E-state index contributed by atoms with van der Waals surface area (Å²) in [5.41, 5.74) is 0. The number of methoxy groups -OCH3 is 2. The largest absolute Gasteiger partial charge is 0.469 e. The Bertz CT molecular complexity index is 288. The molecule has 17 heavy (non-hydrogen) atoms. The van der Waals surface area contributed by atoms with Crippen molar-refractivity contribution < 1.29 is 19.1 Å². The van der Waals surface area contributed by atoms with E-state index in [1.165, 1.54) is 37.7 Å². The van der Waals surface area contributed by atoms with Crippen molar-refractivity contribution in [3.8, 4) is 0 Å². The van der Waals surface area contributed by atoms with E-state index in [4.69, 9.17) is 0 Å². The highest BCUT2D eigenvalue weighted by atomic mass is 32.2. The minimum atomic E-state index is -0.582. The molecule has 0 N–H and O–H groups in total. The Morgan fingerprint density at radius 2 is 1.76 bits per heavy atom. The first-order valence-corrected chi connectivity index (χ1v) is 7.31. The van der Waals surface area contributed by atoms with Gasteiger partial charge < -0.3 is 9.47 Å². The van der Waals surface area contributed by atoms with Crippen molar-refractivity contribution in [2.24, 2.45) is 10.9 Å². The van der Waals surface area contributed by atoms with E-state index in [0.29, 0.717) is 0 Å². The lowest BCUT2D eigenvalue weighted by atomic mass is 10.1. The van der Waals surface area contributed by atoms with Crippen LogP contribution in [0.1, 0.15) is 6.42 Å². The summed E-state index contributed by atoms with van der Waals surface area (Å²) in [6.45, 7) is 0.235. The van der Waals surface area contributed by atoms with Crippen molar-refractivity contribution >= 4 is 39.8 Å². The first-order chi connectivity index (χ1) is 8.08. The minimum absolute atomic E-state index is 0.0112. The van der Waals surface area contributed by atoms with Crippen molar-refractivity contribution in [2.75, 3.05) is 33.3 Å². The maximum Gasteiger partial charge on any atom is 0.311 e. The van der Waals surface area contributed by atoms with Gasteiger partial charge in [-0.3, -0.25) is 14.6 Å². The second-order valence-corrected chi connectivity index (χ2v) is 4.86. The molecule has 98 valence electrons. The van der Waals surface area contributed by atoms with Gasteiger partial charge in [-0.15, -0.1) is 23.5 Å². The molecule has 0 radical (unpaired) electrons. The molecule has 0 spiro atoms. The lowest BCUT2D eigenvalue weighted by molar-refractivity contribution is -0.151. The third kappa shape index (κ3) is 6.58. The lowest BCUT2D eigenvalue weighted by Crippen LogP contribution is -2.23. The van der Waals surface area contributed by atoms with Gasteiger partial charge in [0.15, 0.2) is 0 Å². The number of aliphatic imine (C=N–C) groups is 1. The minimum Gasteiger partial charge on any atom is -0.469 e. The molecule has 0 aromatic carbocycles. The maximum absolute atomic E-state index is 11.4. The maximum atomic E-state index is 11.4. The van der Waals surface area contributed by atoms with E-state index in [-0.39, 0.29) is 13.0 Å². The van der Waals surface area contributed by atoms with Gasteiger partial charge in [0.05, 0.1) is 33.1 Å². The number of thioether (sulfide) groups is 2. The fourth-order valence-corrected chi connectivity index (χ4v) is 2.14. The van der Waals surface area contributed by atoms with Gasteiger partial charge in [0.2, 0.25) is 0 Å². The summed E-state index contributed by atoms with van der Waals surface area (Å²) in [6, 6.07) is 0. The number of ether oxygens (including phenoxy) is 2. The molecule has 0 aliphatic rings. The lowest BCUT2D eigenvalue weighted by Gasteiger charge is -2.11. The van der Waals surface area contributed by atoms with E-state index >= 15 is 0 Å². The fourth-order valence-electron chi connectivity index (χ4n) is 1.07. The molecule has 0 rings (SSSR count). The molecule has 5 nitrogen and oxygen atoms in total. The highest BCUT2D eigenvalue weighted by Gasteiger charge is 2.23. The summed E-state index contributed by atoms with van der Waals surface area (Å²) in [6.07, 6.45) is 3.80. The monoisotopic (exact) mass is 279 g/mol. The molecule has 0 saturated heterocycles. The number of esters is 2. The predicted octanol–water partition coefficient (Wildman–Crippen LogP) is 1.42. The molecule has 1 atom stereocenters. The van der Waals surface area contributed by atoms with Crippen LogP contribution in [-0.2, 0) is 19.1 Å². The second kappa shape index (κ2) is 9.35. The number of hydrogen-bond acceptors (Lipinski definition) is 7. The van der Waals surface area contributed by atoms with Crippen LogP contribution in [-0.4, -0.2) is 49.6 Å². The van der Waals surface area contributed by atoms with Crippen LogP contribution >= 0.6 is 23.5 Å². The van der Waals surface area contributed by atoms with E-state index < -0.39 is 17.9 Å². The zero-order chi connectivity index (χ0) is 13.3. The summed E-state index contributed by atoms with van der Waals surface area (Å²) in [5.74, 6) is -1.46. The highest BCUT2D eigenvalue weighted by molar-refractivity contribution is 8.38.